The minimum Gasteiger partial charge on any atom is -0.480 e. The third kappa shape index (κ3) is 2.71. The Balaban J connectivity index is 1.92. The van der Waals surface area contributed by atoms with Crippen LogP contribution in [0.25, 0.3) is 0 Å². The molecule has 2 rings (SSSR count). The van der Waals surface area contributed by atoms with Crippen molar-refractivity contribution in [2.45, 2.75) is 12.6 Å². The van der Waals surface area contributed by atoms with Gasteiger partial charge in [-0.25, -0.2) is 9.59 Å². The number of aliphatic carboxylic acids is 1. The van der Waals surface area contributed by atoms with E-state index in [2.05, 4.69) is 25.9 Å². The van der Waals surface area contributed by atoms with Crippen LogP contribution in [-0.4, -0.2) is 68.4 Å². The fraction of sp³-hybridized carbons (Fsp3) is 0.625. The molecule has 0 radical (unpaired) electrons. The summed E-state index contributed by atoms with van der Waals surface area (Å²) in [7, 11) is 0. The summed E-state index contributed by atoms with van der Waals surface area (Å²) >= 11 is 0. The molecule has 1 saturated heterocycles. The number of morpholine rings is 1. The average Bonchev–Trinajstić information content (AvgIpc) is 2.89. The van der Waals surface area contributed by atoms with Crippen molar-refractivity contribution in [3.8, 4) is 0 Å². The van der Waals surface area contributed by atoms with E-state index in [-0.39, 0.29) is 19.7 Å². The van der Waals surface area contributed by atoms with Crippen LogP contribution in [0.15, 0.2) is 0 Å². The molecule has 10 heteroatoms. The average molecular weight is 256 g/mol. The van der Waals surface area contributed by atoms with Gasteiger partial charge >= 0.3 is 12.0 Å². The number of hydrogen-bond acceptors (Lipinski definition) is 6. The number of ether oxygens (including phenoxy) is 1. The van der Waals surface area contributed by atoms with E-state index in [1.807, 2.05) is 0 Å². The third-order valence-electron chi connectivity index (χ3n) is 2.46. The van der Waals surface area contributed by atoms with Gasteiger partial charge in [0.25, 0.3) is 0 Å². The molecule has 0 aliphatic carbocycles. The van der Waals surface area contributed by atoms with Gasteiger partial charge in [-0.15, -0.1) is 10.2 Å². The molecule has 1 atom stereocenters. The van der Waals surface area contributed by atoms with Crippen molar-refractivity contribution in [1.29, 1.82) is 0 Å². The molecule has 0 bridgehead atoms. The highest BCUT2D eigenvalue weighted by molar-refractivity contribution is 5.82. The Morgan fingerprint density at radius 2 is 2.44 bits per heavy atom. The Hall–Kier alpha value is -2.23. The van der Waals surface area contributed by atoms with Crippen LogP contribution in [0.1, 0.15) is 5.82 Å². The molecular weight excluding hydrogens is 244 g/mol. The molecule has 1 aliphatic rings. The molecule has 0 aromatic carbocycles. The number of carboxylic acid groups (broad SMARTS) is 1. The van der Waals surface area contributed by atoms with Crippen LogP contribution < -0.4 is 5.32 Å². The van der Waals surface area contributed by atoms with Gasteiger partial charge in [0.15, 0.2) is 11.9 Å². The van der Waals surface area contributed by atoms with Gasteiger partial charge in [0.2, 0.25) is 0 Å². The lowest BCUT2D eigenvalue weighted by Gasteiger charge is -2.32. The first-order valence-electron chi connectivity index (χ1n) is 5.26. The van der Waals surface area contributed by atoms with Crippen molar-refractivity contribution in [2.75, 3.05) is 19.8 Å². The molecule has 10 nitrogen and oxygen atoms in total. The van der Waals surface area contributed by atoms with Gasteiger partial charge in [-0.1, -0.05) is 5.21 Å². The zero-order valence-corrected chi connectivity index (χ0v) is 9.37. The SMILES string of the molecule is O=C(O)C1COCCN1C(=O)NCc1nn[nH]n1. The molecule has 1 fully saturated rings. The second-order valence-electron chi connectivity index (χ2n) is 3.61. The van der Waals surface area contributed by atoms with Crippen LogP contribution in [0.5, 0.6) is 0 Å². The van der Waals surface area contributed by atoms with E-state index in [0.717, 1.165) is 0 Å². The third-order valence-corrected chi connectivity index (χ3v) is 2.46. The fourth-order valence-electron chi connectivity index (χ4n) is 1.56. The van der Waals surface area contributed by atoms with Crippen molar-refractivity contribution in [2.24, 2.45) is 0 Å². The Bertz CT molecular complexity index is 421. The van der Waals surface area contributed by atoms with Crippen LogP contribution >= 0.6 is 0 Å². The molecule has 2 amide bonds. The smallest absolute Gasteiger partial charge is 0.328 e. The van der Waals surface area contributed by atoms with Gasteiger partial charge in [0, 0.05) is 6.54 Å². The largest absolute Gasteiger partial charge is 0.480 e. The van der Waals surface area contributed by atoms with E-state index in [4.69, 9.17) is 9.84 Å². The molecule has 98 valence electrons. The van der Waals surface area contributed by atoms with Crippen LogP contribution in [0.2, 0.25) is 0 Å². The van der Waals surface area contributed by atoms with E-state index in [1.54, 1.807) is 0 Å². The lowest BCUT2D eigenvalue weighted by Crippen LogP contribution is -2.55. The Labute approximate surface area is 101 Å². The minimum atomic E-state index is -1.09. The second kappa shape index (κ2) is 5.40. The monoisotopic (exact) mass is 256 g/mol. The molecule has 1 aliphatic heterocycles. The highest BCUT2D eigenvalue weighted by Crippen LogP contribution is 2.07. The fourth-order valence-corrected chi connectivity index (χ4v) is 1.56. The number of carbonyl (C=O) groups is 2. The molecule has 18 heavy (non-hydrogen) atoms. The first-order chi connectivity index (χ1) is 8.68. The predicted molar refractivity (Wildman–Crippen MR) is 55.4 cm³/mol. The summed E-state index contributed by atoms with van der Waals surface area (Å²) in [4.78, 5) is 24.0. The molecule has 2 heterocycles. The normalized spacial score (nSPS) is 19.6. The number of H-pyrrole nitrogens is 1. The van der Waals surface area contributed by atoms with E-state index in [9.17, 15) is 9.59 Å². The van der Waals surface area contributed by atoms with Gasteiger partial charge in [0.1, 0.15) is 0 Å². The number of nitrogens with one attached hydrogen (secondary N) is 2. The number of aromatic amines is 1. The predicted octanol–water partition coefficient (Wildman–Crippen LogP) is -1.81. The summed E-state index contributed by atoms with van der Waals surface area (Å²) in [5.74, 6) is -0.770. The van der Waals surface area contributed by atoms with E-state index in [1.165, 1.54) is 4.90 Å². The topological polar surface area (TPSA) is 133 Å². The first kappa shape index (κ1) is 12.2. The van der Waals surface area contributed by atoms with Gasteiger partial charge < -0.3 is 20.1 Å². The summed E-state index contributed by atoms with van der Waals surface area (Å²) in [5.41, 5.74) is 0. The summed E-state index contributed by atoms with van der Waals surface area (Å²) in [6.45, 7) is 0.623. The maximum Gasteiger partial charge on any atom is 0.328 e. The number of urea groups is 1. The van der Waals surface area contributed by atoms with E-state index in [0.29, 0.717) is 12.4 Å². The Kier molecular flexibility index (Phi) is 3.67. The van der Waals surface area contributed by atoms with Crippen molar-refractivity contribution in [3.05, 3.63) is 5.82 Å². The van der Waals surface area contributed by atoms with Crippen LogP contribution in [0.4, 0.5) is 4.79 Å². The number of hydrogen-bond donors (Lipinski definition) is 3. The maximum atomic E-state index is 11.8. The molecular formula is C8H12N6O4. The molecule has 3 N–H and O–H groups in total. The first-order valence-corrected chi connectivity index (χ1v) is 5.26. The molecule has 0 spiro atoms. The number of carbonyl (C=O) groups excluding carboxylic acids is 1. The molecule has 1 aromatic rings. The highest BCUT2D eigenvalue weighted by Gasteiger charge is 2.32. The standard InChI is InChI=1S/C8H12N6O4/c15-7(16)5-4-18-2-1-14(5)8(17)9-3-6-10-12-13-11-6/h5H,1-4H2,(H,9,17)(H,15,16)(H,10,11,12,13). The van der Waals surface area contributed by atoms with Crippen LogP contribution in [0, 0.1) is 0 Å². The molecule has 0 saturated carbocycles. The highest BCUT2D eigenvalue weighted by atomic mass is 16.5. The minimum absolute atomic E-state index is 0.00896. The lowest BCUT2D eigenvalue weighted by atomic mass is 10.2. The number of amides is 2. The van der Waals surface area contributed by atoms with E-state index < -0.39 is 18.0 Å². The summed E-state index contributed by atoms with van der Waals surface area (Å²) in [6.07, 6.45) is 0. The van der Waals surface area contributed by atoms with Gasteiger partial charge in [-0.2, -0.15) is 5.21 Å². The quantitative estimate of drug-likeness (QED) is 0.580. The van der Waals surface area contributed by atoms with Crippen molar-refractivity contribution < 1.29 is 19.4 Å². The van der Waals surface area contributed by atoms with Crippen molar-refractivity contribution in [1.82, 2.24) is 30.8 Å². The number of nitrogens with zero attached hydrogens (tertiary/aromatic N) is 4. The van der Waals surface area contributed by atoms with Gasteiger partial charge in [0.05, 0.1) is 19.8 Å². The van der Waals surface area contributed by atoms with Gasteiger partial charge in [-0.3, -0.25) is 0 Å². The second-order valence-corrected chi connectivity index (χ2v) is 3.61. The van der Waals surface area contributed by atoms with Crippen LogP contribution in [-0.2, 0) is 16.1 Å². The molecule has 1 aromatic heterocycles. The maximum absolute atomic E-state index is 11.8. The lowest BCUT2D eigenvalue weighted by molar-refractivity contribution is -0.147. The summed E-state index contributed by atoms with van der Waals surface area (Å²) < 4.78 is 5.03. The zero-order valence-electron chi connectivity index (χ0n) is 9.37. The van der Waals surface area contributed by atoms with Crippen molar-refractivity contribution >= 4 is 12.0 Å². The number of rotatable bonds is 3. The number of carboxylic acids is 1. The van der Waals surface area contributed by atoms with Crippen LogP contribution in [0.3, 0.4) is 0 Å². The van der Waals surface area contributed by atoms with Gasteiger partial charge in [-0.05, 0) is 0 Å². The van der Waals surface area contributed by atoms with E-state index >= 15 is 0 Å². The zero-order chi connectivity index (χ0) is 13.0. The number of tetrazole rings is 1. The van der Waals surface area contributed by atoms with Crippen molar-refractivity contribution in [3.63, 3.8) is 0 Å². The summed E-state index contributed by atoms with van der Waals surface area (Å²) in [6, 6.07) is -1.46. The molecule has 1 unspecified atom stereocenters. The Morgan fingerprint density at radius 3 is 3.11 bits per heavy atom. The summed E-state index contributed by atoms with van der Waals surface area (Å²) in [5, 5.41) is 24.4. The Morgan fingerprint density at radius 1 is 1.61 bits per heavy atom. The number of aromatic nitrogens is 4.